The average Bonchev–Trinajstić information content (AvgIpc) is 3.28. The van der Waals surface area contributed by atoms with Crippen molar-refractivity contribution in [2.24, 2.45) is 0 Å². The van der Waals surface area contributed by atoms with Crippen LogP contribution in [0.3, 0.4) is 0 Å². The SMILES string of the molecule is C[CH]=[Zr+2].Cc1[c-]c2c(cc1C(C)(C)C)-c1cc(C(C)(C)C)c(C)cc1C2.Cc1ccc[c-]1C(C)(C)C.[Cl-].[Cl-]. The van der Waals surface area contributed by atoms with E-state index in [0.29, 0.717) is 5.41 Å². The van der Waals surface area contributed by atoms with Crippen LogP contribution in [0.2, 0.25) is 0 Å². The third kappa shape index (κ3) is 9.08. The van der Waals surface area contributed by atoms with E-state index in [2.05, 4.69) is 129 Å². The van der Waals surface area contributed by atoms with Gasteiger partial charge in [0.05, 0.1) is 0 Å². The van der Waals surface area contributed by atoms with Crippen LogP contribution in [0, 0.1) is 26.8 Å². The summed E-state index contributed by atoms with van der Waals surface area (Å²) in [5.74, 6) is 0. The smallest absolute Gasteiger partial charge is 0.0129 e. The molecule has 208 valence electrons. The first-order chi connectivity index (χ1) is 16.4. The number of fused-ring (bicyclic) bond motifs is 3. The molecule has 0 unspecified atom stereocenters. The topological polar surface area (TPSA) is 0 Å². The van der Waals surface area contributed by atoms with Crippen LogP contribution in [0.1, 0.15) is 114 Å². The molecule has 4 rings (SSSR count). The van der Waals surface area contributed by atoms with E-state index in [-0.39, 0.29) is 35.6 Å². The van der Waals surface area contributed by atoms with Gasteiger partial charge in [-0.3, -0.25) is 0 Å². The third-order valence-corrected chi connectivity index (χ3v) is 6.92. The average molecular weight is 631 g/mol. The minimum atomic E-state index is 0. The van der Waals surface area contributed by atoms with Gasteiger partial charge in [-0.05, 0) is 35.4 Å². The van der Waals surface area contributed by atoms with Crippen molar-refractivity contribution in [3.05, 3.63) is 87.0 Å². The molecule has 0 amide bonds. The fourth-order valence-electron chi connectivity index (χ4n) is 5.37. The Balaban J connectivity index is 0.000000770. The van der Waals surface area contributed by atoms with Gasteiger partial charge < -0.3 is 24.8 Å². The molecule has 0 fully saturated rings. The van der Waals surface area contributed by atoms with Gasteiger partial charge in [-0.1, -0.05) is 105 Å². The summed E-state index contributed by atoms with van der Waals surface area (Å²) in [4.78, 5) is 0. The Hall–Kier alpha value is -0.877. The number of benzene rings is 2. The van der Waals surface area contributed by atoms with Crippen molar-refractivity contribution < 1.29 is 49.0 Å². The zero-order valence-corrected chi connectivity index (χ0v) is 30.0. The Morgan fingerprint density at radius 2 is 1.32 bits per heavy atom. The molecule has 0 N–H and O–H groups in total. The first kappa shape index (κ1) is 37.1. The Bertz CT molecular complexity index is 1140. The van der Waals surface area contributed by atoms with Crippen molar-refractivity contribution in [3.8, 4) is 11.1 Å². The van der Waals surface area contributed by atoms with Gasteiger partial charge in [0.25, 0.3) is 0 Å². The summed E-state index contributed by atoms with van der Waals surface area (Å²) in [6.07, 6.45) is 1.03. The maximum Gasteiger partial charge on any atom is -0.0129 e. The second-order valence-corrected chi connectivity index (χ2v) is 14.8. The van der Waals surface area contributed by atoms with E-state index < -0.39 is 0 Å². The molecule has 0 aliphatic heterocycles. The van der Waals surface area contributed by atoms with E-state index in [0.717, 1.165) is 6.42 Å². The van der Waals surface area contributed by atoms with E-state index in [9.17, 15) is 0 Å². The second-order valence-electron chi connectivity index (χ2n) is 13.4. The zero-order chi connectivity index (χ0) is 27.6. The number of hydrogen-bond donors (Lipinski definition) is 0. The van der Waals surface area contributed by atoms with Crippen molar-refractivity contribution in [1.29, 1.82) is 0 Å². The molecule has 0 saturated carbocycles. The molecule has 0 spiro atoms. The van der Waals surface area contributed by atoms with Crippen LogP contribution < -0.4 is 24.8 Å². The molecular weight excluding hydrogens is 583 g/mol. The van der Waals surface area contributed by atoms with Crippen molar-refractivity contribution in [2.75, 3.05) is 0 Å². The Morgan fingerprint density at radius 1 is 0.816 bits per heavy atom. The first-order valence-corrected chi connectivity index (χ1v) is 14.7. The second kappa shape index (κ2) is 14.1. The number of rotatable bonds is 0. The summed E-state index contributed by atoms with van der Waals surface area (Å²) in [7, 11) is 0. The van der Waals surface area contributed by atoms with E-state index in [1.54, 1.807) is 0 Å². The Morgan fingerprint density at radius 3 is 1.71 bits per heavy atom. The van der Waals surface area contributed by atoms with Crippen LogP contribution in [0.5, 0.6) is 0 Å². The van der Waals surface area contributed by atoms with E-state index in [1.807, 2.05) is 6.92 Å². The summed E-state index contributed by atoms with van der Waals surface area (Å²) < 4.78 is 2.09. The van der Waals surface area contributed by atoms with Gasteiger partial charge in [0, 0.05) is 0 Å². The molecule has 1 aliphatic rings. The summed E-state index contributed by atoms with van der Waals surface area (Å²) >= 11 is 1.51. The molecule has 3 aromatic rings. The maximum absolute atomic E-state index is 3.69. The number of halogens is 2. The predicted molar refractivity (Wildman–Crippen MR) is 158 cm³/mol. The van der Waals surface area contributed by atoms with Gasteiger partial charge in [0.1, 0.15) is 0 Å². The normalized spacial score (nSPS) is 12.0. The molecule has 0 bridgehead atoms. The molecular formula is C35H48Cl2Zr-2. The monoisotopic (exact) mass is 628 g/mol. The fraction of sp³-hybridized carbons (Fsp3) is 0.486. The van der Waals surface area contributed by atoms with Crippen molar-refractivity contribution in [1.82, 2.24) is 0 Å². The summed E-state index contributed by atoms with van der Waals surface area (Å²) in [5, 5.41) is 0. The van der Waals surface area contributed by atoms with Crippen molar-refractivity contribution in [3.63, 3.8) is 0 Å². The summed E-state index contributed by atoms with van der Waals surface area (Å²) in [5.41, 5.74) is 14.8. The molecule has 0 saturated heterocycles. The quantitative estimate of drug-likeness (QED) is 0.261. The van der Waals surface area contributed by atoms with Crippen LogP contribution in [-0.4, -0.2) is 3.71 Å². The molecule has 0 atom stereocenters. The van der Waals surface area contributed by atoms with Crippen LogP contribution in [0.15, 0.2) is 36.4 Å². The molecule has 38 heavy (non-hydrogen) atoms. The molecule has 0 heterocycles. The summed E-state index contributed by atoms with van der Waals surface area (Å²) in [6.45, 7) is 29.2. The van der Waals surface area contributed by atoms with Gasteiger partial charge in [-0.25, -0.2) is 12.1 Å². The fourth-order valence-corrected chi connectivity index (χ4v) is 5.37. The number of aryl methyl sites for hydroxylation is 3. The van der Waals surface area contributed by atoms with E-state index in [4.69, 9.17) is 0 Å². The first-order valence-electron chi connectivity index (χ1n) is 13.3. The Labute approximate surface area is 261 Å². The van der Waals surface area contributed by atoms with Gasteiger partial charge >= 0.3 is 34.9 Å². The van der Waals surface area contributed by atoms with Crippen LogP contribution >= 0.6 is 0 Å². The summed E-state index contributed by atoms with van der Waals surface area (Å²) in [6, 6.07) is 17.4. The van der Waals surface area contributed by atoms with Crippen molar-refractivity contribution in [2.45, 2.75) is 113 Å². The van der Waals surface area contributed by atoms with Crippen LogP contribution in [-0.2, 0) is 46.9 Å². The third-order valence-electron chi connectivity index (χ3n) is 6.92. The van der Waals surface area contributed by atoms with E-state index in [1.165, 1.54) is 79.9 Å². The van der Waals surface area contributed by atoms with Gasteiger partial charge in [-0.2, -0.15) is 29.3 Å². The minimum absolute atomic E-state index is 0. The zero-order valence-electron chi connectivity index (χ0n) is 26.0. The van der Waals surface area contributed by atoms with Gasteiger partial charge in [0.2, 0.25) is 0 Å². The molecule has 1 aliphatic carbocycles. The molecule has 0 radical (unpaired) electrons. The predicted octanol–water partition coefficient (Wildman–Crippen LogP) is 3.64. The van der Waals surface area contributed by atoms with Gasteiger partial charge in [-0.15, -0.1) is 22.3 Å². The maximum atomic E-state index is 3.69. The van der Waals surface area contributed by atoms with Crippen LogP contribution in [0.4, 0.5) is 0 Å². The largest absolute Gasteiger partial charge is 1.00 e. The standard InChI is InChI=1S/C23H29.C10H15.C2H4.2ClH.Zr/c1-14-9-16-11-17-10-15(2)21(23(6,7)8)13-19(17)18(16)12-20(14)22(3,4)5;1-8-6-5-7-9(8)10(2,3)4;1-2;;;/h9,12-13H,11H2,1-8H3;5-7H,1-4H3;1H,2H3;2*1H;/q2*-1;;;;+2/p-2. The molecule has 3 aromatic carbocycles. The Kier molecular flexibility index (Phi) is 13.8. The molecule has 0 nitrogen and oxygen atoms in total. The van der Waals surface area contributed by atoms with E-state index >= 15 is 0 Å². The van der Waals surface area contributed by atoms with Crippen LogP contribution in [0.25, 0.3) is 11.1 Å². The number of hydrogen-bond acceptors (Lipinski definition) is 0. The van der Waals surface area contributed by atoms with Crippen molar-refractivity contribution >= 4 is 3.71 Å². The molecule has 3 heteroatoms. The molecule has 0 aromatic heterocycles. The minimum Gasteiger partial charge on any atom is -1.00 e. The van der Waals surface area contributed by atoms with Gasteiger partial charge in [0.15, 0.2) is 0 Å².